The summed E-state index contributed by atoms with van der Waals surface area (Å²) in [4.78, 5) is 29.0. The molecule has 0 saturated carbocycles. The van der Waals surface area contributed by atoms with Crippen LogP contribution in [0, 0.1) is 13.8 Å². The Labute approximate surface area is 226 Å². The van der Waals surface area contributed by atoms with Crippen LogP contribution in [0.5, 0.6) is 0 Å². The Hall–Kier alpha value is -3.65. The summed E-state index contributed by atoms with van der Waals surface area (Å²) in [6.45, 7) is 7.24. The fraction of sp³-hybridized carbons (Fsp3) is 0.333. The van der Waals surface area contributed by atoms with E-state index in [4.69, 9.17) is 0 Å². The molecule has 1 N–H and O–H groups in total. The quantitative estimate of drug-likeness (QED) is 0.398. The first kappa shape index (κ1) is 28.9. The van der Waals surface area contributed by atoms with Crippen molar-refractivity contribution < 1.29 is 18.0 Å². The van der Waals surface area contributed by atoms with Crippen molar-refractivity contribution in [2.45, 2.75) is 52.7 Å². The molecule has 0 heterocycles. The van der Waals surface area contributed by atoms with E-state index in [0.717, 1.165) is 32.8 Å². The third kappa shape index (κ3) is 8.18. The molecule has 202 valence electrons. The molecule has 0 aliphatic heterocycles. The van der Waals surface area contributed by atoms with Crippen LogP contribution in [0.2, 0.25) is 0 Å². The first-order valence-electron chi connectivity index (χ1n) is 12.7. The minimum Gasteiger partial charge on any atom is -0.352 e. The summed E-state index contributed by atoms with van der Waals surface area (Å²) < 4.78 is 26.9. The van der Waals surface area contributed by atoms with E-state index in [1.54, 1.807) is 12.1 Å². The Morgan fingerprint density at radius 3 is 1.87 bits per heavy atom. The van der Waals surface area contributed by atoms with Crippen LogP contribution in [0.3, 0.4) is 0 Å². The first-order valence-corrected chi connectivity index (χ1v) is 14.5. The van der Waals surface area contributed by atoms with Gasteiger partial charge in [0.05, 0.1) is 11.9 Å². The molecule has 0 bridgehead atoms. The number of aryl methyl sites for hydroxylation is 2. The first-order chi connectivity index (χ1) is 17.9. The third-order valence-corrected chi connectivity index (χ3v) is 7.21. The summed E-state index contributed by atoms with van der Waals surface area (Å²) in [6, 6.07) is 23.4. The highest BCUT2D eigenvalue weighted by molar-refractivity contribution is 7.92. The van der Waals surface area contributed by atoms with Gasteiger partial charge in [0.2, 0.25) is 21.8 Å². The molecule has 0 spiro atoms. The molecular weight excluding hydrogens is 498 g/mol. The summed E-state index contributed by atoms with van der Waals surface area (Å²) in [5.41, 5.74) is 3.94. The lowest BCUT2D eigenvalue weighted by molar-refractivity contribution is -0.140. The minimum absolute atomic E-state index is 0.128. The molecule has 0 saturated heterocycles. The molecule has 3 aromatic carbocycles. The largest absolute Gasteiger partial charge is 0.352 e. The average Bonchev–Trinajstić information content (AvgIpc) is 2.84. The van der Waals surface area contributed by atoms with Crippen LogP contribution in [0.15, 0.2) is 78.9 Å². The van der Waals surface area contributed by atoms with Crippen molar-refractivity contribution in [2.75, 3.05) is 17.1 Å². The number of carbonyl (C=O) groups is 2. The molecule has 2 amide bonds. The van der Waals surface area contributed by atoms with E-state index in [-0.39, 0.29) is 18.5 Å². The predicted octanol–water partition coefficient (Wildman–Crippen LogP) is 4.23. The van der Waals surface area contributed by atoms with Gasteiger partial charge in [-0.25, -0.2) is 8.42 Å². The number of anilines is 1. The molecule has 3 aromatic rings. The van der Waals surface area contributed by atoms with E-state index in [1.807, 2.05) is 94.4 Å². The summed E-state index contributed by atoms with van der Waals surface area (Å²) >= 11 is 0. The zero-order valence-electron chi connectivity index (χ0n) is 22.7. The van der Waals surface area contributed by atoms with Crippen molar-refractivity contribution in [1.82, 2.24) is 10.2 Å². The van der Waals surface area contributed by atoms with Crippen molar-refractivity contribution in [3.05, 3.63) is 101 Å². The van der Waals surface area contributed by atoms with Crippen LogP contribution in [0.25, 0.3) is 0 Å². The summed E-state index contributed by atoms with van der Waals surface area (Å²) in [7, 11) is -3.79. The number of nitrogens with one attached hydrogen (secondary N) is 1. The highest BCUT2D eigenvalue weighted by Gasteiger charge is 2.33. The molecule has 7 nitrogen and oxygen atoms in total. The summed E-state index contributed by atoms with van der Waals surface area (Å²) in [5, 5.41) is 2.95. The van der Waals surface area contributed by atoms with Gasteiger partial charge in [-0.05, 0) is 62.1 Å². The number of amides is 2. The van der Waals surface area contributed by atoms with Crippen LogP contribution >= 0.6 is 0 Å². The van der Waals surface area contributed by atoms with Gasteiger partial charge in [-0.3, -0.25) is 13.9 Å². The molecule has 0 radical (unpaired) electrons. The van der Waals surface area contributed by atoms with Gasteiger partial charge in [-0.15, -0.1) is 0 Å². The van der Waals surface area contributed by atoms with E-state index in [1.165, 1.54) is 4.90 Å². The van der Waals surface area contributed by atoms with Crippen LogP contribution in [-0.4, -0.2) is 50.0 Å². The second-order valence-electron chi connectivity index (χ2n) is 9.99. The normalized spacial score (nSPS) is 12.2. The maximum atomic E-state index is 14.0. The van der Waals surface area contributed by atoms with Crippen molar-refractivity contribution in [3.8, 4) is 0 Å². The molecule has 1 unspecified atom stereocenters. The molecule has 0 aliphatic rings. The maximum Gasteiger partial charge on any atom is 0.244 e. The van der Waals surface area contributed by atoms with Gasteiger partial charge in [-0.2, -0.15) is 0 Å². The Balaban J connectivity index is 2.05. The molecular formula is C30H37N3O4S. The monoisotopic (exact) mass is 535 g/mol. The van der Waals surface area contributed by atoms with Crippen LogP contribution in [0.1, 0.15) is 36.1 Å². The van der Waals surface area contributed by atoms with E-state index in [9.17, 15) is 18.0 Å². The van der Waals surface area contributed by atoms with Gasteiger partial charge in [-0.1, -0.05) is 66.7 Å². The maximum absolute atomic E-state index is 14.0. The van der Waals surface area contributed by atoms with Gasteiger partial charge in [0.1, 0.15) is 12.6 Å². The lowest BCUT2D eigenvalue weighted by Crippen LogP contribution is -2.54. The van der Waals surface area contributed by atoms with Gasteiger partial charge < -0.3 is 10.2 Å². The Kier molecular flexibility index (Phi) is 9.69. The molecule has 0 fully saturated rings. The van der Waals surface area contributed by atoms with Gasteiger partial charge in [0.25, 0.3) is 0 Å². The zero-order chi connectivity index (χ0) is 27.9. The van der Waals surface area contributed by atoms with E-state index in [2.05, 4.69) is 5.32 Å². The topological polar surface area (TPSA) is 86.8 Å². The summed E-state index contributed by atoms with van der Waals surface area (Å²) in [6.07, 6.45) is 1.38. The average molecular weight is 536 g/mol. The van der Waals surface area contributed by atoms with Crippen LogP contribution in [0.4, 0.5) is 5.69 Å². The molecule has 1 atom stereocenters. The lowest BCUT2D eigenvalue weighted by atomic mass is 10.0. The number of nitrogens with zero attached hydrogens (tertiary/aromatic N) is 2. The fourth-order valence-corrected chi connectivity index (χ4v) is 5.26. The Morgan fingerprint density at radius 2 is 1.37 bits per heavy atom. The van der Waals surface area contributed by atoms with Crippen molar-refractivity contribution in [2.24, 2.45) is 0 Å². The SMILES string of the molecule is Cc1cc(C)cc(N(CC(=O)N(Cc2ccccc2)C(Cc2ccccc2)C(=O)NC(C)C)S(C)(=O)=O)c1. The van der Waals surface area contributed by atoms with Crippen molar-refractivity contribution in [3.63, 3.8) is 0 Å². The Morgan fingerprint density at radius 1 is 0.842 bits per heavy atom. The number of rotatable bonds is 11. The predicted molar refractivity (Wildman–Crippen MR) is 152 cm³/mol. The highest BCUT2D eigenvalue weighted by atomic mass is 32.2. The smallest absolute Gasteiger partial charge is 0.244 e. The van der Waals surface area contributed by atoms with E-state index < -0.39 is 28.5 Å². The number of benzene rings is 3. The minimum atomic E-state index is -3.79. The number of hydrogen-bond donors (Lipinski definition) is 1. The molecule has 3 rings (SSSR count). The van der Waals surface area contributed by atoms with Gasteiger partial charge >= 0.3 is 0 Å². The van der Waals surface area contributed by atoms with Crippen LogP contribution in [-0.2, 0) is 32.6 Å². The fourth-order valence-electron chi connectivity index (χ4n) is 4.42. The van der Waals surface area contributed by atoms with Gasteiger partial charge in [0.15, 0.2) is 0 Å². The van der Waals surface area contributed by atoms with Crippen molar-refractivity contribution in [1.29, 1.82) is 0 Å². The molecule has 0 aromatic heterocycles. The molecule has 0 aliphatic carbocycles. The second kappa shape index (κ2) is 12.7. The standard InChI is InChI=1S/C30H37N3O4S/c1-22(2)31-30(35)28(19-25-12-8-6-9-13-25)32(20-26-14-10-7-11-15-26)29(34)21-33(38(5,36)37)27-17-23(3)16-24(4)18-27/h6-18,22,28H,19-21H2,1-5H3,(H,31,35). The van der Waals surface area contributed by atoms with Crippen LogP contribution < -0.4 is 9.62 Å². The van der Waals surface area contributed by atoms with E-state index >= 15 is 0 Å². The number of hydrogen-bond acceptors (Lipinski definition) is 4. The third-order valence-electron chi connectivity index (χ3n) is 6.07. The summed E-state index contributed by atoms with van der Waals surface area (Å²) in [5.74, 6) is -0.747. The number of sulfonamides is 1. The number of carbonyl (C=O) groups excluding carboxylic acids is 2. The molecule has 38 heavy (non-hydrogen) atoms. The highest BCUT2D eigenvalue weighted by Crippen LogP contribution is 2.23. The molecule has 8 heteroatoms. The van der Waals surface area contributed by atoms with Crippen molar-refractivity contribution >= 4 is 27.5 Å². The zero-order valence-corrected chi connectivity index (χ0v) is 23.5. The van der Waals surface area contributed by atoms with Gasteiger partial charge in [0, 0.05) is 19.0 Å². The van der Waals surface area contributed by atoms with E-state index in [0.29, 0.717) is 12.1 Å². The Bertz CT molecular complexity index is 1320. The lowest BCUT2D eigenvalue weighted by Gasteiger charge is -2.34. The second-order valence-corrected chi connectivity index (χ2v) is 11.9.